The van der Waals surface area contributed by atoms with Crippen LogP contribution in [0.5, 0.6) is 5.75 Å². The fourth-order valence-electron chi connectivity index (χ4n) is 2.58. The molecule has 2 rings (SSSR count). The van der Waals surface area contributed by atoms with Gasteiger partial charge >= 0.3 is 5.97 Å². The first-order valence-electron chi connectivity index (χ1n) is 8.87. The maximum Gasteiger partial charge on any atom is 0.341 e. The molecule has 1 heterocycles. The molecule has 1 aromatic heterocycles. The number of hydrogen-bond acceptors (Lipinski definition) is 6. The molecular weight excluding hydrogens is 364 g/mol. The molecule has 1 N–H and O–H groups in total. The van der Waals surface area contributed by atoms with E-state index < -0.39 is 5.97 Å². The van der Waals surface area contributed by atoms with Crippen molar-refractivity contribution in [1.82, 2.24) is 4.90 Å². The standard InChI is InChI=1S/C20H26N2O4S/c1-5-16-11-17(20(24)26-6-2)19(27-16)21-18(23)13-22(3)12-14-7-9-15(25-4)10-8-14/h7-11H,5-6,12-13H2,1-4H3,(H,21,23). The van der Waals surface area contributed by atoms with Crippen LogP contribution in [0.4, 0.5) is 5.00 Å². The van der Waals surface area contributed by atoms with Gasteiger partial charge in [-0.2, -0.15) is 0 Å². The van der Waals surface area contributed by atoms with Gasteiger partial charge in [0.05, 0.1) is 25.8 Å². The van der Waals surface area contributed by atoms with Crippen molar-refractivity contribution in [3.8, 4) is 5.75 Å². The van der Waals surface area contributed by atoms with Crippen molar-refractivity contribution in [3.05, 3.63) is 46.3 Å². The minimum Gasteiger partial charge on any atom is -0.497 e. The van der Waals surface area contributed by atoms with Crippen LogP contribution < -0.4 is 10.1 Å². The molecule has 6 nitrogen and oxygen atoms in total. The predicted octanol–water partition coefficient (Wildman–Crippen LogP) is 3.57. The first-order valence-corrected chi connectivity index (χ1v) is 9.69. The molecular formula is C20H26N2O4S. The van der Waals surface area contributed by atoms with E-state index in [4.69, 9.17) is 9.47 Å². The number of amides is 1. The molecule has 0 aliphatic carbocycles. The maximum absolute atomic E-state index is 12.4. The zero-order chi connectivity index (χ0) is 19.8. The number of nitrogens with one attached hydrogen (secondary N) is 1. The largest absolute Gasteiger partial charge is 0.497 e. The summed E-state index contributed by atoms with van der Waals surface area (Å²) in [6.45, 7) is 4.92. The SMILES string of the molecule is CCOC(=O)c1cc(CC)sc1NC(=O)CN(C)Cc1ccc(OC)cc1. The highest BCUT2D eigenvalue weighted by Crippen LogP contribution is 2.29. The summed E-state index contributed by atoms with van der Waals surface area (Å²) in [4.78, 5) is 27.5. The molecule has 0 spiro atoms. The van der Waals surface area contributed by atoms with Gasteiger partial charge in [0.2, 0.25) is 5.91 Å². The summed E-state index contributed by atoms with van der Waals surface area (Å²) in [6.07, 6.45) is 0.796. The van der Waals surface area contributed by atoms with E-state index in [-0.39, 0.29) is 12.5 Å². The van der Waals surface area contributed by atoms with Crippen LogP contribution in [0.25, 0.3) is 0 Å². The van der Waals surface area contributed by atoms with Gasteiger partial charge in [-0.15, -0.1) is 11.3 Å². The number of likely N-dealkylation sites (N-methyl/N-ethyl adjacent to an activating group) is 1. The normalized spacial score (nSPS) is 10.7. The van der Waals surface area contributed by atoms with E-state index in [1.165, 1.54) is 11.3 Å². The van der Waals surface area contributed by atoms with Crippen molar-refractivity contribution in [2.75, 3.05) is 32.6 Å². The Morgan fingerprint density at radius 1 is 1.19 bits per heavy atom. The Balaban J connectivity index is 1.97. The summed E-state index contributed by atoms with van der Waals surface area (Å²) in [5.74, 6) is 0.228. The lowest BCUT2D eigenvalue weighted by atomic mass is 10.2. The molecule has 2 aromatic rings. The van der Waals surface area contributed by atoms with E-state index in [1.807, 2.05) is 43.1 Å². The number of anilines is 1. The van der Waals surface area contributed by atoms with Crippen LogP contribution in [0.15, 0.2) is 30.3 Å². The minimum absolute atomic E-state index is 0.166. The fourth-order valence-corrected chi connectivity index (χ4v) is 3.58. The molecule has 0 aliphatic rings. The number of hydrogen-bond donors (Lipinski definition) is 1. The summed E-state index contributed by atoms with van der Waals surface area (Å²) in [7, 11) is 3.51. The average Bonchev–Trinajstić information content (AvgIpc) is 3.05. The van der Waals surface area contributed by atoms with Crippen LogP contribution in [0.2, 0.25) is 0 Å². The summed E-state index contributed by atoms with van der Waals surface area (Å²) in [6, 6.07) is 9.52. The number of nitrogens with zero attached hydrogens (tertiary/aromatic N) is 1. The fraction of sp³-hybridized carbons (Fsp3) is 0.400. The summed E-state index contributed by atoms with van der Waals surface area (Å²) in [5.41, 5.74) is 1.51. The van der Waals surface area contributed by atoms with Gasteiger partial charge in [0.15, 0.2) is 0 Å². The lowest BCUT2D eigenvalue weighted by Gasteiger charge is -2.16. The molecule has 1 aromatic carbocycles. The van der Waals surface area contributed by atoms with Crippen molar-refractivity contribution in [1.29, 1.82) is 0 Å². The molecule has 0 fully saturated rings. The Kier molecular flexibility index (Phi) is 7.82. The third kappa shape index (κ3) is 6.08. The topological polar surface area (TPSA) is 67.9 Å². The second kappa shape index (κ2) is 10.1. The van der Waals surface area contributed by atoms with Crippen LogP contribution >= 0.6 is 11.3 Å². The summed E-state index contributed by atoms with van der Waals surface area (Å²) in [5, 5.41) is 3.41. The summed E-state index contributed by atoms with van der Waals surface area (Å²) >= 11 is 1.41. The first-order chi connectivity index (χ1) is 13.0. The van der Waals surface area contributed by atoms with Gasteiger partial charge < -0.3 is 14.8 Å². The molecule has 7 heteroatoms. The third-order valence-corrected chi connectivity index (χ3v) is 5.10. The molecule has 0 bridgehead atoms. The van der Waals surface area contributed by atoms with Gasteiger partial charge in [0.25, 0.3) is 0 Å². The van der Waals surface area contributed by atoms with E-state index in [0.29, 0.717) is 23.7 Å². The highest BCUT2D eigenvalue weighted by Gasteiger charge is 2.19. The molecule has 0 atom stereocenters. The third-order valence-electron chi connectivity index (χ3n) is 3.90. The molecule has 27 heavy (non-hydrogen) atoms. The zero-order valence-corrected chi connectivity index (χ0v) is 17.0. The van der Waals surface area contributed by atoms with Gasteiger partial charge in [-0.1, -0.05) is 19.1 Å². The lowest BCUT2D eigenvalue weighted by Crippen LogP contribution is -2.30. The Morgan fingerprint density at radius 2 is 1.89 bits per heavy atom. The number of aryl methyl sites for hydroxylation is 1. The van der Waals surface area contributed by atoms with E-state index in [9.17, 15) is 9.59 Å². The lowest BCUT2D eigenvalue weighted by molar-refractivity contribution is -0.117. The number of rotatable bonds is 9. The second-order valence-electron chi connectivity index (χ2n) is 6.10. The number of esters is 1. The van der Waals surface area contributed by atoms with E-state index in [0.717, 1.165) is 22.6 Å². The van der Waals surface area contributed by atoms with Gasteiger partial charge in [-0.05, 0) is 44.2 Å². The summed E-state index contributed by atoms with van der Waals surface area (Å²) < 4.78 is 10.2. The molecule has 0 unspecified atom stereocenters. The van der Waals surface area contributed by atoms with Crippen LogP contribution in [0, 0.1) is 0 Å². The highest BCUT2D eigenvalue weighted by atomic mass is 32.1. The minimum atomic E-state index is -0.407. The first kappa shape index (κ1) is 20.9. The average molecular weight is 391 g/mol. The van der Waals surface area contributed by atoms with E-state index in [1.54, 1.807) is 20.1 Å². The number of carbonyl (C=O) groups excluding carboxylic acids is 2. The Bertz CT molecular complexity index is 771. The second-order valence-corrected chi connectivity index (χ2v) is 7.23. The number of carbonyl (C=O) groups is 2. The van der Waals surface area contributed by atoms with Gasteiger partial charge in [0.1, 0.15) is 10.8 Å². The molecule has 0 saturated heterocycles. The van der Waals surface area contributed by atoms with Gasteiger partial charge in [0, 0.05) is 11.4 Å². The number of methoxy groups -OCH3 is 1. The van der Waals surface area contributed by atoms with Crippen LogP contribution in [-0.2, 0) is 22.5 Å². The highest BCUT2D eigenvalue weighted by molar-refractivity contribution is 7.16. The van der Waals surface area contributed by atoms with Gasteiger partial charge in [-0.3, -0.25) is 9.69 Å². The predicted molar refractivity (Wildman–Crippen MR) is 108 cm³/mol. The number of thiophene rings is 1. The molecule has 1 amide bonds. The molecule has 0 saturated carbocycles. The quantitative estimate of drug-likeness (QED) is 0.663. The van der Waals surface area contributed by atoms with E-state index >= 15 is 0 Å². The van der Waals surface area contributed by atoms with Crippen molar-refractivity contribution < 1.29 is 19.1 Å². The van der Waals surface area contributed by atoms with E-state index in [2.05, 4.69) is 5.32 Å². The smallest absolute Gasteiger partial charge is 0.341 e. The number of ether oxygens (including phenoxy) is 2. The van der Waals surface area contributed by atoms with Crippen molar-refractivity contribution in [3.63, 3.8) is 0 Å². The number of benzene rings is 1. The van der Waals surface area contributed by atoms with Crippen molar-refractivity contribution in [2.24, 2.45) is 0 Å². The van der Waals surface area contributed by atoms with Crippen LogP contribution in [0.1, 0.15) is 34.6 Å². The van der Waals surface area contributed by atoms with Crippen LogP contribution in [-0.4, -0.2) is 44.1 Å². The molecule has 146 valence electrons. The van der Waals surface area contributed by atoms with Crippen LogP contribution in [0.3, 0.4) is 0 Å². The monoisotopic (exact) mass is 390 g/mol. The van der Waals surface area contributed by atoms with Crippen molar-refractivity contribution in [2.45, 2.75) is 26.8 Å². The molecule has 0 aliphatic heterocycles. The Labute approximate surface area is 164 Å². The zero-order valence-electron chi connectivity index (χ0n) is 16.2. The van der Waals surface area contributed by atoms with Gasteiger partial charge in [-0.25, -0.2) is 4.79 Å². The maximum atomic E-state index is 12.4. The Morgan fingerprint density at radius 3 is 2.48 bits per heavy atom. The Hall–Kier alpha value is -2.38. The van der Waals surface area contributed by atoms with Crippen molar-refractivity contribution >= 4 is 28.2 Å². The molecule has 0 radical (unpaired) electrons.